The van der Waals surface area contributed by atoms with Gasteiger partial charge in [-0.25, -0.2) is 9.59 Å². The van der Waals surface area contributed by atoms with E-state index in [9.17, 15) is 24.0 Å². The van der Waals surface area contributed by atoms with Crippen LogP contribution in [-0.2, 0) is 52.4 Å². The standard InChI is InChI=1S/C31H54N4O11/c1-6-9-11-25(30(39)41-4)33-28(37)23-35(24-29(38)34-26(12-10-7-2)31(40)42-5)22-27(36)32-13-15-44-17-19-46-21-20-45-18-16-43-14-8-3/h3,25-26H,6-7,9-24H2,1-2,4-5H3,(H,32,36)(H,33,37)(H,34,38)/t25-,26-/m0/s1. The average molecular weight is 659 g/mol. The topological polar surface area (TPSA) is 180 Å². The summed E-state index contributed by atoms with van der Waals surface area (Å²) in [4.78, 5) is 64.1. The van der Waals surface area contributed by atoms with Crippen LogP contribution in [0.5, 0.6) is 0 Å². The summed E-state index contributed by atoms with van der Waals surface area (Å²) in [6.45, 7) is 5.86. The van der Waals surface area contributed by atoms with Crippen LogP contribution >= 0.6 is 0 Å². The summed E-state index contributed by atoms with van der Waals surface area (Å²) in [5.41, 5.74) is 0. The van der Waals surface area contributed by atoms with Crippen molar-refractivity contribution in [2.75, 3.05) is 93.3 Å². The minimum atomic E-state index is -0.854. The highest BCUT2D eigenvalue weighted by molar-refractivity contribution is 5.88. The van der Waals surface area contributed by atoms with Gasteiger partial charge in [-0.2, -0.15) is 0 Å². The SMILES string of the molecule is C#CCOCCOCCOCCOCCNC(=O)CN(CC(=O)N[C@@H](CCCC)C(=O)OC)CC(=O)N[C@@H](CCCC)C(=O)OC. The lowest BCUT2D eigenvalue weighted by Crippen LogP contribution is -2.51. The Morgan fingerprint density at radius 1 is 0.652 bits per heavy atom. The molecule has 15 heteroatoms. The Labute approximate surface area is 273 Å². The van der Waals surface area contributed by atoms with Gasteiger partial charge in [0, 0.05) is 6.54 Å². The molecule has 0 bridgehead atoms. The van der Waals surface area contributed by atoms with E-state index in [1.165, 1.54) is 19.1 Å². The molecule has 0 aromatic rings. The molecular weight excluding hydrogens is 604 g/mol. The highest BCUT2D eigenvalue weighted by Crippen LogP contribution is 2.05. The van der Waals surface area contributed by atoms with Crippen LogP contribution in [0.15, 0.2) is 0 Å². The average Bonchev–Trinajstić information content (AvgIpc) is 3.04. The van der Waals surface area contributed by atoms with Crippen molar-refractivity contribution >= 4 is 29.7 Å². The lowest BCUT2D eigenvalue weighted by Gasteiger charge is -2.24. The molecule has 0 fully saturated rings. The second-order valence-corrected chi connectivity index (χ2v) is 10.2. The Hall–Kier alpha value is -3.29. The molecule has 0 aliphatic carbocycles. The first kappa shape index (κ1) is 42.7. The van der Waals surface area contributed by atoms with Gasteiger partial charge in [-0.15, -0.1) is 6.42 Å². The number of terminal acetylenes is 1. The molecule has 0 aromatic heterocycles. The molecular formula is C31H54N4O11. The van der Waals surface area contributed by atoms with Crippen LogP contribution in [0.3, 0.4) is 0 Å². The highest BCUT2D eigenvalue weighted by atomic mass is 16.6. The summed E-state index contributed by atoms with van der Waals surface area (Å²) in [7, 11) is 2.47. The Morgan fingerprint density at radius 2 is 1.07 bits per heavy atom. The number of nitrogens with one attached hydrogen (secondary N) is 3. The van der Waals surface area contributed by atoms with E-state index < -0.39 is 41.7 Å². The highest BCUT2D eigenvalue weighted by Gasteiger charge is 2.26. The number of hydrogen-bond donors (Lipinski definition) is 3. The van der Waals surface area contributed by atoms with Crippen molar-refractivity contribution in [1.82, 2.24) is 20.9 Å². The van der Waals surface area contributed by atoms with Crippen LogP contribution in [0, 0.1) is 12.3 Å². The normalized spacial score (nSPS) is 12.1. The summed E-state index contributed by atoms with van der Waals surface area (Å²) in [5, 5.41) is 7.95. The number of hydrogen-bond acceptors (Lipinski definition) is 12. The van der Waals surface area contributed by atoms with Gasteiger partial charge in [-0.3, -0.25) is 19.3 Å². The van der Waals surface area contributed by atoms with Crippen molar-refractivity contribution in [1.29, 1.82) is 0 Å². The van der Waals surface area contributed by atoms with Gasteiger partial charge in [0.25, 0.3) is 0 Å². The zero-order valence-electron chi connectivity index (χ0n) is 27.9. The van der Waals surface area contributed by atoms with Gasteiger partial charge in [-0.1, -0.05) is 45.5 Å². The second-order valence-electron chi connectivity index (χ2n) is 10.2. The van der Waals surface area contributed by atoms with Crippen LogP contribution in [-0.4, -0.2) is 140 Å². The molecule has 0 aromatic carbocycles. The van der Waals surface area contributed by atoms with Gasteiger partial charge in [0.05, 0.1) is 80.1 Å². The van der Waals surface area contributed by atoms with Gasteiger partial charge in [0.15, 0.2) is 0 Å². The number of methoxy groups -OCH3 is 2. The molecule has 2 atom stereocenters. The minimum Gasteiger partial charge on any atom is -0.467 e. The molecule has 0 aliphatic heterocycles. The Kier molecular flexibility index (Phi) is 27.1. The van der Waals surface area contributed by atoms with E-state index in [0.29, 0.717) is 65.3 Å². The number of amides is 3. The summed E-state index contributed by atoms with van der Waals surface area (Å²) in [6, 6.07) is -1.71. The van der Waals surface area contributed by atoms with E-state index in [1.807, 2.05) is 13.8 Å². The van der Waals surface area contributed by atoms with Crippen LogP contribution < -0.4 is 16.0 Å². The monoisotopic (exact) mass is 658 g/mol. The molecule has 0 saturated heterocycles. The molecule has 3 amide bonds. The Balaban J connectivity index is 4.86. The van der Waals surface area contributed by atoms with E-state index in [1.54, 1.807) is 0 Å². The number of carbonyl (C=O) groups excluding carboxylic acids is 5. The van der Waals surface area contributed by atoms with E-state index in [4.69, 9.17) is 34.8 Å². The van der Waals surface area contributed by atoms with Crippen molar-refractivity contribution in [2.24, 2.45) is 0 Å². The quantitative estimate of drug-likeness (QED) is 0.0548. The molecule has 0 spiro atoms. The predicted octanol–water partition coefficient (Wildman–Crippen LogP) is -0.200. The van der Waals surface area contributed by atoms with Crippen LogP contribution in [0.25, 0.3) is 0 Å². The van der Waals surface area contributed by atoms with Crippen molar-refractivity contribution in [3.8, 4) is 12.3 Å². The third-order valence-electron chi connectivity index (χ3n) is 6.31. The second kappa shape index (κ2) is 29.1. The van der Waals surface area contributed by atoms with E-state index in [0.717, 1.165) is 12.8 Å². The van der Waals surface area contributed by atoms with Crippen LogP contribution in [0.1, 0.15) is 52.4 Å². The fourth-order valence-corrected chi connectivity index (χ4v) is 3.97. The Morgan fingerprint density at radius 3 is 1.48 bits per heavy atom. The molecule has 0 saturated carbocycles. The smallest absolute Gasteiger partial charge is 0.328 e. The molecule has 0 rings (SSSR count). The lowest BCUT2D eigenvalue weighted by molar-refractivity contribution is -0.146. The third-order valence-corrected chi connectivity index (χ3v) is 6.31. The van der Waals surface area contributed by atoms with Gasteiger partial charge >= 0.3 is 11.9 Å². The number of esters is 2. The molecule has 0 unspecified atom stereocenters. The minimum absolute atomic E-state index is 0.189. The van der Waals surface area contributed by atoms with E-state index in [-0.39, 0.29) is 39.4 Å². The van der Waals surface area contributed by atoms with Crippen molar-refractivity contribution in [3.63, 3.8) is 0 Å². The first-order valence-electron chi connectivity index (χ1n) is 15.7. The zero-order valence-corrected chi connectivity index (χ0v) is 27.9. The molecule has 15 nitrogen and oxygen atoms in total. The van der Waals surface area contributed by atoms with Gasteiger partial charge in [0.1, 0.15) is 18.7 Å². The Bertz CT molecular complexity index is 869. The summed E-state index contributed by atoms with van der Waals surface area (Å²) in [6.07, 6.45) is 8.85. The van der Waals surface area contributed by atoms with E-state index in [2.05, 4.69) is 21.9 Å². The largest absolute Gasteiger partial charge is 0.467 e. The molecule has 264 valence electrons. The molecule has 3 N–H and O–H groups in total. The molecule has 46 heavy (non-hydrogen) atoms. The first-order valence-corrected chi connectivity index (χ1v) is 15.7. The number of rotatable bonds is 29. The molecule has 0 aliphatic rings. The number of unbranched alkanes of at least 4 members (excludes halogenated alkanes) is 2. The lowest BCUT2D eigenvalue weighted by atomic mass is 10.1. The van der Waals surface area contributed by atoms with Crippen molar-refractivity contribution in [2.45, 2.75) is 64.5 Å². The van der Waals surface area contributed by atoms with E-state index >= 15 is 0 Å². The van der Waals surface area contributed by atoms with Crippen molar-refractivity contribution in [3.05, 3.63) is 0 Å². The number of carbonyl (C=O) groups is 5. The first-order chi connectivity index (χ1) is 22.2. The summed E-state index contributed by atoms with van der Waals surface area (Å²) in [5.74, 6) is -0.367. The van der Waals surface area contributed by atoms with Crippen LogP contribution in [0.2, 0.25) is 0 Å². The molecule has 0 heterocycles. The van der Waals surface area contributed by atoms with Gasteiger partial charge in [0.2, 0.25) is 17.7 Å². The van der Waals surface area contributed by atoms with Crippen LogP contribution in [0.4, 0.5) is 0 Å². The maximum Gasteiger partial charge on any atom is 0.328 e. The van der Waals surface area contributed by atoms with Gasteiger partial charge < -0.3 is 44.4 Å². The van der Waals surface area contributed by atoms with Crippen molar-refractivity contribution < 1.29 is 52.4 Å². The number of ether oxygens (including phenoxy) is 6. The maximum absolute atomic E-state index is 12.9. The zero-order chi connectivity index (χ0) is 34.4. The maximum atomic E-state index is 12.9. The number of nitrogens with zero attached hydrogens (tertiary/aromatic N) is 1. The molecule has 0 radical (unpaired) electrons. The fourth-order valence-electron chi connectivity index (χ4n) is 3.97. The van der Waals surface area contributed by atoms with Gasteiger partial charge in [-0.05, 0) is 12.8 Å². The summed E-state index contributed by atoms with van der Waals surface area (Å²) < 4.78 is 30.9. The summed E-state index contributed by atoms with van der Waals surface area (Å²) >= 11 is 0. The predicted molar refractivity (Wildman–Crippen MR) is 169 cm³/mol. The third kappa shape index (κ3) is 23.1. The fraction of sp³-hybridized carbons (Fsp3) is 0.774.